The van der Waals surface area contributed by atoms with Crippen LogP contribution in [0.15, 0.2) is 6.07 Å². The number of benzene rings is 1. The van der Waals surface area contributed by atoms with E-state index in [2.05, 4.69) is 43.5 Å². The van der Waals surface area contributed by atoms with Crippen LogP contribution in [0.2, 0.25) is 0 Å². The van der Waals surface area contributed by atoms with Crippen LogP contribution < -0.4 is 22.1 Å². The summed E-state index contributed by atoms with van der Waals surface area (Å²) in [6, 6.07) is 2.21. The molecule has 1 aromatic rings. The molecular formula is C9H16B3N. The van der Waals surface area contributed by atoms with Gasteiger partial charge in [-0.1, -0.05) is 41.9 Å². The first-order valence-electron chi connectivity index (χ1n) is 4.81. The molecule has 0 aliphatic carbocycles. The third kappa shape index (κ3) is 1.77. The third-order valence-electron chi connectivity index (χ3n) is 2.82. The van der Waals surface area contributed by atoms with Crippen molar-refractivity contribution in [2.45, 2.75) is 19.8 Å². The second kappa shape index (κ2) is 3.53. The Morgan fingerprint density at radius 3 is 2.15 bits per heavy atom. The molecule has 0 spiro atoms. The highest BCUT2D eigenvalue weighted by molar-refractivity contribution is 6.54. The minimum atomic E-state index is 0.581. The number of hydrogen-bond acceptors (Lipinski definition) is 1. The van der Waals surface area contributed by atoms with Gasteiger partial charge in [0.25, 0.3) is 0 Å². The Kier molecular flexibility index (Phi) is 2.79. The van der Waals surface area contributed by atoms with E-state index in [0.717, 1.165) is 5.69 Å². The molecule has 4 heteroatoms. The molecule has 1 nitrogen and oxygen atoms in total. The second-order valence-electron chi connectivity index (χ2n) is 4.10. The molecule has 2 N–H and O–H groups in total. The molecule has 0 heterocycles. The van der Waals surface area contributed by atoms with Crippen molar-refractivity contribution in [3.63, 3.8) is 0 Å². The molecule has 0 fully saturated rings. The highest BCUT2D eigenvalue weighted by Gasteiger charge is 2.09. The predicted molar refractivity (Wildman–Crippen MR) is 69.5 cm³/mol. The molecule has 1 aromatic carbocycles. The van der Waals surface area contributed by atoms with Crippen molar-refractivity contribution in [3.8, 4) is 0 Å². The third-order valence-corrected chi connectivity index (χ3v) is 2.82. The zero-order valence-electron chi connectivity index (χ0n) is 9.23. The van der Waals surface area contributed by atoms with Crippen LogP contribution in [0, 0.1) is 0 Å². The van der Waals surface area contributed by atoms with Gasteiger partial charge in [-0.05, 0) is 5.92 Å². The molecule has 0 saturated heterocycles. The summed E-state index contributed by atoms with van der Waals surface area (Å²) < 4.78 is 0. The molecule has 1 rings (SSSR count). The van der Waals surface area contributed by atoms with Crippen molar-refractivity contribution < 1.29 is 0 Å². The molecule has 0 radical (unpaired) electrons. The van der Waals surface area contributed by atoms with Crippen LogP contribution in [0.5, 0.6) is 0 Å². The van der Waals surface area contributed by atoms with Gasteiger partial charge in [-0.3, -0.25) is 0 Å². The summed E-state index contributed by atoms with van der Waals surface area (Å²) in [5, 5.41) is 0. The number of anilines is 1. The van der Waals surface area contributed by atoms with E-state index < -0.39 is 0 Å². The van der Waals surface area contributed by atoms with Gasteiger partial charge in [-0.25, -0.2) is 0 Å². The average molecular weight is 171 g/mol. The summed E-state index contributed by atoms with van der Waals surface area (Å²) in [5.41, 5.74) is 12.1. The van der Waals surface area contributed by atoms with Gasteiger partial charge in [-0.15, -0.1) is 0 Å². The Morgan fingerprint density at radius 2 is 1.69 bits per heavy atom. The first-order valence-corrected chi connectivity index (χ1v) is 4.81. The van der Waals surface area contributed by atoms with Crippen LogP contribution in [0.1, 0.15) is 25.3 Å². The number of nitrogens with two attached hydrogens (primary N) is 1. The standard InChI is InChI=1S/C9H16B3N/c1-4(2)5-3-6(10)9(13)8(12)7(5)11/h3-4H,10-13H2,1-2H3. The van der Waals surface area contributed by atoms with Crippen LogP contribution in [0.25, 0.3) is 0 Å². The van der Waals surface area contributed by atoms with Gasteiger partial charge in [0.15, 0.2) is 0 Å². The second-order valence-corrected chi connectivity index (χ2v) is 4.10. The summed E-state index contributed by atoms with van der Waals surface area (Å²) >= 11 is 0. The maximum atomic E-state index is 5.95. The Labute approximate surface area is 83.3 Å². The van der Waals surface area contributed by atoms with E-state index in [4.69, 9.17) is 5.73 Å². The maximum absolute atomic E-state index is 5.95. The SMILES string of the molecule is Bc1cc(C(C)C)c(B)c(B)c1N. The number of hydrogen-bond donors (Lipinski definition) is 1. The minimum Gasteiger partial charge on any atom is -0.400 e. The van der Waals surface area contributed by atoms with Gasteiger partial charge in [-0.2, -0.15) is 0 Å². The van der Waals surface area contributed by atoms with Gasteiger partial charge in [0, 0.05) is 5.69 Å². The Morgan fingerprint density at radius 1 is 1.15 bits per heavy atom. The lowest BCUT2D eigenvalue weighted by molar-refractivity contribution is 0.875. The van der Waals surface area contributed by atoms with E-state index in [0.29, 0.717) is 5.92 Å². The fraction of sp³-hybridized carbons (Fsp3) is 0.333. The van der Waals surface area contributed by atoms with Gasteiger partial charge in [0.05, 0.1) is 0 Å². The molecular weight excluding hydrogens is 155 g/mol. The van der Waals surface area contributed by atoms with E-state index in [1.165, 1.54) is 22.0 Å². The molecule has 0 amide bonds. The largest absolute Gasteiger partial charge is 0.400 e. The van der Waals surface area contributed by atoms with Crippen molar-refractivity contribution in [3.05, 3.63) is 11.6 Å². The number of nitrogen functional groups attached to an aromatic ring is 1. The van der Waals surface area contributed by atoms with Crippen molar-refractivity contribution in [1.82, 2.24) is 0 Å². The fourth-order valence-corrected chi connectivity index (χ4v) is 1.73. The molecule has 0 aliphatic rings. The Balaban J connectivity index is 3.41. The van der Waals surface area contributed by atoms with E-state index in [-0.39, 0.29) is 0 Å². The summed E-state index contributed by atoms with van der Waals surface area (Å²) in [7, 11) is 6.33. The molecule has 0 unspecified atom stereocenters. The quantitative estimate of drug-likeness (QED) is 0.357. The molecule has 0 aliphatic heterocycles. The van der Waals surface area contributed by atoms with E-state index in [9.17, 15) is 0 Å². The van der Waals surface area contributed by atoms with Gasteiger partial charge < -0.3 is 5.73 Å². The normalized spacial score (nSPS) is 10.7. The molecule has 0 aromatic heterocycles. The lowest BCUT2D eigenvalue weighted by Gasteiger charge is -2.17. The van der Waals surface area contributed by atoms with Gasteiger partial charge in [0.1, 0.15) is 23.5 Å². The summed E-state index contributed by atoms with van der Waals surface area (Å²) in [6.45, 7) is 4.44. The molecule has 13 heavy (non-hydrogen) atoms. The summed E-state index contributed by atoms with van der Waals surface area (Å²) in [4.78, 5) is 0. The van der Waals surface area contributed by atoms with E-state index in [1.807, 2.05) is 0 Å². The minimum absolute atomic E-state index is 0.581. The highest BCUT2D eigenvalue weighted by atomic mass is 14.6. The molecule has 0 bridgehead atoms. The fourth-order valence-electron chi connectivity index (χ4n) is 1.73. The van der Waals surface area contributed by atoms with Gasteiger partial charge >= 0.3 is 0 Å². The lowest BCUT2D eigenvalue weighted by atomic mass is 9.71. The Bertz CT molecular complexity index is 334. The summed E-state index contributed by atoms with van der Waals surface area (Å²) in [5.74, 6) is 0.581. The zero-order chi connectivity index (χ0) is 10.2. The first-order chi connectivity index (χ1) is 5.95. The highest BCUT2D eigenvalue weighted by Crippen LogP contribution is 2.09. The molecule has 0 atom stereocenters. The van der Waals surface area contributed by atoms with Crippen LogP contribution in [-0.4, -0.2) is 23.5 Å². The maximum Gasteiger partial charge on any atom is 0.141 e. The van der Waals surface area contributed by atoms with Crippen molar-refractivity contribution in [2.75, 3.05) is 5.73 Å². The predicted octanol–water partition coefficient (Wildman–Crippen LogP) is -2.83. The smallest absolute Gasteiger partial charge is 0.141 e. The van der Waals surface area contributed by atoms with Crippen molar-refractivity contribution >= 4 is 45.6 Å². The van der Waals surface area contributed by atoms with Crippen molar-refractivity contribution in [1.29, 1.82) is 0 Å². The van der Waals surface area contributed by atoms with Crippen molar-refractivity contribution in [2.24, 2.45) is 0 Å². The Hall–Kier alpha value is -0.785. The zero-order valence-corrected chi connectivity index (χ0v) is 9.23. The number of rotatable bonds is 1. The van der Waals surface area contributed by atoms with Crippen LogP contribution in [0.4, 0.5) is 5.69 Å². The van der Waals surface area contributed by atoms with Crippen LogP contribution in [0.3, 0.4) is 0 Å². The topological polar surface area (TPSA) is 26.0 Å². The first kappa shape index (κ1) is 10.3. The van der Waals surface area contributed by atoms with Crippen LogP contribution >= 0.6 is 0 Å². The average Bonchev–Trinajstić information content (AvgIpc) is 2.07. The van der Waals surface area contributed by atoms with E-state index >= 15 is 0 Å². The summed E-state index contributed by atoms with van der Waals surface area (Å²) in [6.07, 6.45) is 0. The van der Waals surface area contributed by atoms with E-state index in [1.54, 1.807) is 0 Å². The monoisotopic (exact) mass is 171 g/mol. The van der Waals surface area contributed by atoms with Crippen LogP contribution in [-0.2, 0) is 0 Å². The molecule has 0 saturated carbocycles. The van der Waals surface area contributed by atoms with Gasteiger partial charge in [0.2, 0.25) is 0 Å². The lowest BCUT2D eigenvalue weighted by Crippen LogP contribution is -2.37. The molecule has 66 valence electrons.